The van der Waals surface area contributed by atoms with Crippen LogP contribution in [0.15, 0.2) is 28.8 Å². The second-order valence-corrected chi connectivity index (χ2v) is 3.44. The summed E-state index contributed by atoms with van der Waals surface area (Å²) in [6.45, 7) is 0.574. The normalized spacial score (nSPS) is 10.6. The van der Waals surface area contributed by atoms with Crippen LogP contribution < -0.4 is 5.32 Å². The number of phenols is 1. The molecule has 2 rings (SSSR count). The fourth-order valence-corrected chi connectivity index (χ4v) is 1.42. The highest BCUT2D eigenvalue weighted by molar-refractivity contribution is 5.33. The number of phenolic OH excluding ortho intramolecular Hbond substituents is 1. The molecule has 0 atom stereocenters. The maximum atomic E-state index is 9.58. The quantitative estimate of drug-likeness (QED) is 0.805. The molecule has 0 bridgehead atoms. The van der Waals surface area contributed by atoms with Gasteiger partial charge in [0.05, 0.1) is 13.0 Å². The Morgan fingerprint density at radius 3 is 2.94 bits per heavy atom. The van der Waals surface area contributed by atoms with Crippen molar-refractivity contribution in [3.05, 3.63) is 41.5 Å². The zero-order valence-electron chi connectivity index (χ0n) is 8.97. The van der Waals surface area contributed by atoms with Crippen LogP contribution in [-0.4, -0.2) is 22.3 Å². The van der Waals surface area contributed by atoms with Crippen LogP contribution in [0.1, 0.15) is 17.3 Å². The Morgan fingerprint density at radius 1 is 1.38 bits per heavy atom. The van der Waals surface area contributed by atoms with Gasteiger partial charge in [0.15, 0.2) is 5.82 Å². The molecular formula is C11H13N3O2. The third kappa shape index (κ3) is 2.38. The number of aromatic nitrogens is 2. The van der Waals surface area contributed by atoms with Gasteiger partial charge in [0.1, 0.15) is 5.75 Å². The van der Waals surface area contributed by atoms with Gasteiger partial charge in [0.25, 0.3) is 0 Å². The summed E-state index contributed by atoms with van der Waals surface area (Å²) < 4.78 is 5.06. The van der Waals surface area contributed by atoms with Crippen LogP contribution in [0.2, 0.25) is 0 Å². The van der Waals surface area contributed by atoms with E-state index in [4.69, 9.17) is 4.52 Å². The fourth-order valence-electron chi connectivity index (χ4n) is 1.42. The molecule has 0 amide bonds. The van der Waals surface area contributed by atoms with Crippen LogP contribution in [-0.2, 0) is 13.0 Å². The number of para-hydroxylation sites is 1. The molecule has 0 unspecified atom stereocenters. The van der Waals surface area contributed by atoms with Gasteiger partial charge < -0.3 is 14.9 Å². The topological polar surface area (TPSA) is 71.2 Å². The Hall–Kier alpha value is -1.88. The Bertz CT molecular complexity index is 468. The highest BCUT2D eigenvalue weighted by Gasteiger charge is 2.08. The highest BCUT2D eigenvalue weighted by atomic mass is 16.5. The van der Waals surface area contributed by atoms with Crippen molar-refractivity contribution in [1.29, 1.82) is 0 Å². The Morgan fingerprint density at radius 2 is 2.19 bits per heavy atom. The summed E-state index contributed by atoms with van der Waals surface area (Å²) in [5, 5.41) is 16.3. The van der Waals surface area contributed by atoms with Gasteiger partial charge in [0.2, 0.25) is 5.89 Å². The second kappa shape index (κ2) is 4.76. The van der Waals surface area contributed by atoms with Crippen molar-refractivity contribution in [2.45, 2.75) is 13.0 Å². The molecule has 2 aromatic rings. The summed E-state index contributed by atoms with van der Waals surface area (Å²) >= 11 is 0. The summed E-state index contributed by atoms with van der Waals surface area (Å²) in [6, 6.07) is 7.11. The lowest BCUT2D eigenvalue weighted by Crippen LogP contribution is -2.06. The number of rotatable bonds is 4. The van der Waals surface area contributed by atoms with Gasteiger partial charge in [-0.1, -0.05) is 23.4 Å². The molecule has 16 heavy (non-hydrogen) atoms. The Labute approximate surface area is 93.1 Å². The van der Waals surface area contributed by atoms with Crippen molar-refractivity contribution in [2.24, 2.45) is 0 Å². The number of aromatic hydroxyl groups is 1. The third-order valence-corrected chi connectivity index (χ3v) is 2.18. The van der Waals surface area contributed by atoms with Crippen LogP contribution >= 0.6 is 0 Å². The molecule has 5 heteroatoms. The highest BCUT2D eigenvalue weighted by Crippen LogP contribution is 2.18. The van der Waals surface area contributed by atoms with E-state index in [2.05, 4.69) is 15.5 Å². The first-order chi connectivity index (χ1) is 7.79. The van der Waals surface area contributed by atoms with Gasteiger partial charge in [-0.25, -0.2) is 0 Å². The summed E-state index contributed by atoms with van der Waals surface area (Å²) in [4.78, 5) is 4.18. The standard InChI is InChI=1S/C11H13N3O2/c1-12-7-10-13-11(16-14-10)6-8-4-2-3-5-9(8)15/h2-5,12,15H,6-7H2,1H3. The number of hydrogen-bond acceptors (Lipinski definition) is 5. The van der Waals surface area contributed by atoms with Gasteiger partial charge in [-0.2, -0.15) is 4.98 Å². The van der Waals surface area contributed by atoms with E-state index >= 15 is 0 Å². The first-order valence-corrected chi connectivity index (χ1v) is 5.02. The minimum atomic E-state index is 0.246. The molecule has 0 fully saturated rings. The molecule has 0 aliphatic rings. The van der Waals surface area contributed by atoms with E-state index in [0.29, 0.717) is 24.7 Å². The second-order valence-electron chi connectivity index (χ2n) is 3.44. The first-order valence-electron chi connectivity index (χ1n) is 5.02. The minimum Gasteiger partial charge on any atom is -0.508 e. The van der Waals surface area contributed by atoms with Crippen molar-refractivity contribution in [3.63, 3.8) is 0 Å². The molecule has 2 N–H and O–H groups in total. The maximum absolute atomic E-state index is 9.58. The number of nitrogens with zero attached hydrogens (tertiary/aromatic N) is 2. The van der Waals surface area contributed by atoms with Gasteiger partial charge in [-0.05, 0) is 13.1 Å². The van der Waals surface area contributed by atoms with E-state index < -0.39 is 0 Å². The monoisotopic (exact) mass is 219 g/mol. The molecule has 0 aliphatic carbocycles. The Balaban J connectivity index is 2.11. The zero-order chi connectivity index (χ0) is 11.4. The van der Waals surface area contributed by atoms with Crippen LogP contribution in [0, 0.1) is 0 Å². The summed E-state index contributed by atoms with van der Waals surface area (Å²) in [6.07, 6.45) is 0.448. The first kappa shape index (κ1) is 10.6. The molecule has 0 saturated heterocycles. The molecular weight excluding hydrogens is 206 g/mol. The molecule has 1 aromatic carbocycles. The van der Waals surface area contributed by atoms with Crippen molar-refractivity contribution in [1.82, 2.24) is 15.5 Å². The summed E-state index contributed by atoms with van der Waals surface area (Å²) in [7, 11) is 1.82. The van der Waals surface area contributed by atoms with E-state index in [1.165, 1.54) is 0 Å². The van der Waals surface area contributed by atoms with Crippen LogP contribution in [0.5, 0.6) is 5.75 Å². The fraction of sp³-hybridized carbons (Fsp3) is 0.273. The van der Waals surface area contributed by atoms with Crippen molar-refractivity contribution >= 4 is 0 Å². The zero-order valence-corrected chi connectivity index (χ0v) is 8.97. The number of hydrogen-bond donors (Lipinski definition) is 2. The smallest absolute Gasteiger partial charge is 0.231 e. The summed E-state index contributed by atoms with van der Waals surface area (Å²) in [5.41, 5.74) is 0.780. The lowest BCUT2D eigenvalue weighted by molar-refractivity contribution is 0.376. The lowest BCUT2D eigenvalue weighted by atomic mass is 10.1. The van der Waals surface area contributed by atoms with Gasteiger partial charge in [0, 0.05) is 5.56 Å². The van der Waals surface area contributed by atoms with Gasteiger partial charge in [-0.15, -0.1) is 0 Å². The molecule has 1 heterocycles. The molecule has 0 spiro atoms. The van der Waals surface area contributed by atoms with E-state index in [1.54, 1.807) is 12.1 Å². The lowest BCUT2D eigenvalue weighted by Gasteiger charge is -1.99. The van der Waals surface area contributed by atoms with E-state index in [-0.39, 0.29) is 5.75 Å². The van der Waals surface area contributed by atoms with E-state index in [1.807, 2.05) is 19.2 Å². The van der Waals surface area contributed by atoms with E-state index in [0.717, 1.165) is 5.56 Å². The molecule has 84 valence electrons. The van der Waals surface area contributed by atoms with Crippen LogP contribution in [0.25, 0.3) is 0 Å². The predicted octanol–water partition coefficient (Wildman–Crippen LogP) is 1.09. The molecule has 5 nitrogen and oxygen atoms in total. The minimum absolute atomic E-state index is 0.246. The van der Waals surface area contributed by atoms with Gasteiger partial charge in [-0.3, -0.25) is 0 Å². The van der Waals surface area contributed by atoms with Gasteiger partial charge >= 0.3 is 0 Å². The van der Waals surface area contributed by atoms with Crippen molar-refractivity contribution in [3.8, 4) is 5.75 Å². The predicted molar refractivity (Wildman–Crippen MR) is 58.0 cm³/mol. The van der Waals surface area contributed by atoms with Crippen LogP contribution in [0.3, 0.4) is 0 Å². The average molecular weight is 219 g/mol. The summed E-state index contributed by atoms with van der Waals surface area (Å²) in [5.74, 6) is 1.37. The third-order valence-electron chi connectivity index (χ3n) is 2.18. The van der Waals surface area contributed by atoms with Crippen molar-refractivity contribution < 1.29 is 9.63 Å². The Kier molecular flexibility index (Phi) is 3.16. The maximum Gasteiger partial charge on any atom is 0.231 e. The number of benzene rings is 1. The molecule has 0 radical (unpaired) electrons. The van der Waals surface area contributed by atoms with E-state index in [9.17, 15) is 5.11 Å². The largest absolute Gasteiger partial charge is 0.508 e. The number of nitrogens with one attached hydrogen (secondary N) is 1. The average Bonchev–Trinajstić information content (AvgIpc) is 2.70. The molecule has 0 saturated carbocycles. The van der Waals surface area contributed by atoms with Crippen molar-refractivity contribution in [2.75, 3.05) is 7.05 Å². The molecule has 0 aliphatic heterocycles. The van der Waals surface area contributed by atoms with Crippen LogP contribution in [0.4, 0.5) is 0 Å². The SMILES string of the molecule is CNCc1noc(Cc2ccccc2O)n1. The molecule has 1 aromatic heterocycles.